The number of amides is 1. The summed E-state index contributed by atoms with van der Waals surface area (Å²) >= 11 is 0. The molecule has 224 valence electrons. The third-order valence-corrected chi connectivity index (χ3v) is 9.32. The summed E-state index contributed by atoms with van der Waals surface area (Å²) in [6, 6.07) is 0. The summed E-state index contributed by atoms with van der Waals surface area (Å²) < 4.78 is 38.4. The number of hydrogen-bond donors (Lipinski definition) is 6. The standard InChI is InChI=1S/C22H43NO13P2/c1-14(2)10-16(5)19(24)34-12-18(36-20(25)17(6)11-15(3)4)13-35-21(26)23-9-7-8-22(27,37(28,29)30)38(31,32)33/h14-18,27H,7-13H2,1-6H3,(H,23,26)(H2,28,29,30)(H2,31,32,33). The van der Waals surface area contributed by atoms with E-state index in [0.29, 0.717) is 12.8 Å². The third-order valence-electron chi connectivity index (χ3n) is 5.44. The van der Waals surface area contributed by atoms with Gasteiger partial charge in [0.25, 0.3) is 5.08 Å². The fourth-order valence-corrected chi connectivity index (χ4v) is 5.77. The van der Waals surface area contributed by atoms with Gasteiger partial charge < -0.3 is 44.2 Å². The molecule has 0 aliphatic rings. The molecule has 0 aromatic heterocycles. The molecule has 0 bridgehead atoms. The van der Waals surface area contributed by atoms with E-state index >= 15 is 0 Å². The minimum atomic E-state index is -5.60. The molecular formula is C22H43NO13P2. The molecule has 0 saturated carbocycles. The summed E-state index contributed by atoms with van der Waals surface area (Å²) in [5.41, 5.74) is 0. The molecule has 0 fully saturated rings. The van der Waals surface area contributed by atoms with Crippen molar-refractivity contribution in [2.45, 2.75) is 78.4 Å². The van der Waals surface area contributed by atoms with Gasteiger partial charge in [0.2, 0.25) is 0 Å². The van der Waals surface area contributed by atoms with Crippen molar-refractivity contribution in [1.82, 2.24) is 5.32 Å². The van der Waals surface area contributed by atoms with Crippen LogP contribution in [0.2, 0.25) is 0 Å². The molecule has 1 amide bonds. The van der Waals surface area contributed by atoms with Gasteiger partial charge in [-0.15, -0.1) is 0 Å². The fourth-order valence-electron chi connectivity index (χ4n) is 3.52. The average Bonchev–Trinajstić information content (AvgIpc) is 2.75. The second-order valence-electron chi connectivity index (χ2n) is 10.2. The quantitative estimate of drug-likeness (QED) is 0.0618. The number of hydrogen-bond acceptors (Lipinski definition) is 9. The molecule has 0 aliphatic carbocycles. The van der Waals surface area contributed by atoms with Crippen LogP contribution in [0.15, 0.2) is 0 Å². The summed E-state index contributed by atoms with van der Waals surface area (Å²) in [5, 5.41) is 8.44. The molecule has 38 heavy (non-hydrogen) atoms. The van der Waals surface area contributed by atoms with E-state index in [2.05, 4.69) is 5.32 Å². The molecular weight excluding hydrogens is 548 g/mol. The highest BCUT2D eigenvalue weighted by Crippen LogP contribution is 2.69. The highest BCUT2D eigenvalue weighted by atomic mass is 31.2. The highest BCUT2D eigenvalue weighted by molar-refractivity contribution is 7.72. The molecule has 0 spiro atoms. The van der Waals surface area contributed by atoms with Gasteiger partial charge in [0, 0.05) is 13.0 Å². The molecule has 0 aromatic carbocycles. The van der Waals surface area contributed by atoms with E-state index in [-0.39, 0.29) is 25.0 Å². The van der Waals surface area contributed by atoms with E-state index in [4.69, 9.17) is 33.8 Å². The topological polar surface area (TPSA) is 226 Å². The molecule has 0 heterocycles. The first-order valence-corrected chi connectivity index (χ1v) is 15.5. The predicted octanol–water partition coefficient (Wildman–Crippen LogP) is 2.31. The minimum absolute atomic E-state index is 0.224. The van der Waals surface area contributed by atoms with Crippen LogP contribution in [0.1, 0.15) is 67.2 Å². The Morgan fingerprint density at radius 1 is 0.789 bits per heavy atom. The Hall–Kier alpha value is -1.53. The predicted molar refractivity (Wildman–Crippen MR) is 136 cm³/mol. The maximum atomic E-state index is 12.5. The van der Waals surface area contributed by atoms with Gasteiger partial charge in [-0.25, -0.2) is 4.79 Å². The van der Waals surface area contributed by atoms with Crippen LogP contribution in [0, 0.1) is 23.7 Å². The van der Waals surface area contributed by atoms with Crippen LogP contribution >= 0.6 is 15.2 Å². The van der Waals surface area contributed by atoms with Gasteiger partial charge in [0.15, 0.2) is 6.10 Å². The lowest BCUT2D eigenvalue weighted by atomic mass is 9.99. The first-order valence-electron chi connectivity index (χ1n) is 12.3. The molecule has 3 atom stereocenters. The van der Waals surface area contributed by atoms with E-state index < -0.39 is 75.7 Å². The largest absolute Gasteiger partial charge is 0.461 e. The molecule has 3 unspecified atom stereocenters. The summed E-state index contributed by atoms with van der Waals surface area (Å²) in [4.78, 5) is 73.3. The first kappa shape index (κ1) is 36.5. The maximum Gasteiger partial charge on any atom is 0.407 e. The van der Waals surface area contributed by atoms with Crippen LogP contribution in [0.4, 0.5) is 4.79 Å². The zero-order chi connectivity index (χ0) is 29.9. The summed E-state index contributed by atoms with van der Waals surface area (Å²) in [5.74, 6) is -1.43. The number of esters is 2. The second-order valence-corrected chi connectivity index (χ2v) is 14.2. The van der Waals surface area contributed by atoms with Gasteiger partial charge in [0.1, 0.15) is 13.2 Å². The van der Waals surface area contributed by atoms with Gasteiger partial charge in [-0.2, -0.15) is 0 Å². The number of nitrogens with one attached hydrogen (secondary N) is 1. The SMILES string of the molecule is CC(C)CC(C)C(=O)OCC(COC(=O)NCCCC(O)(P(=O)(O)O)P(=O)(O)O)OC(=O)C(C)CC(C)C. The zero-order valence-electron chi connectivity index (χ0n) is 22.7. The van der Waals surface area contributed by atoms with Gasteiger partial charge in [-0.05, 0) is 31.1 Å². The Balaban J connectivity index is 5.02. The molecule has 0 aliphatic heterocycles. The number of aliphatic hydroxyl groups is 1. The van der Waals surface area contributed by atoms with Crippen molar-refractivity contribution in [1.29, 1.82) is 0 Å². The molecule has 16 heteroatoms. The first-order chi connectivity index (χ1) is 17.2. The van der Waals surface area contributed by atoms with Crippen molar-refractivity contribution >= 4 is 33.2 Å². The smallest absolute Gasteiger partial charge is 0.407 e. The number of rotatable bonds is 17. The Morgan fingerprint density at radius 2 is 1.24 bits per heavy atom. The van der Waals surface area contributed by atoms with Crippen molar-refractivity contribution < 1.29 is 62.4 Å². The van der Waals surface area contributed by atoms with Crippen molar-refractivity contribution in [2.24, 2.45) is 23.7 Å². The molecule has 0 radical (unpaired) electrons. The van der Waals surface area contributed by atoms with Crippen LogP contribution in [0.3, 0.4) is 0 Å². The van der Waals surface area contributed by atoms with E-state index in [1.165, 1.54) is 0 Å². The summed E-state index contributed by atoms with van der Waals surface area (Å²) in [7, 11) is -11.2. The monoisotopic (exact) mass is 591 g/mol. The van der Waals surface area contributed by atoms with Crippen LogP contribution in [0.5, 0.6) is 0 Å². The van der Waals surface area contributed by atoms with Crippen molar-refractivity contribution in [2.75, 3.05) is 19.8 Å². The lowest BCUT2D eigenvalue weighted by Crippen LogP contribution is -2.36. The summed E-state index contributed by atoms with van der Waals surface area (Å²) in [6.07, 6.45) is -2.44. The lowest BCUT2D eigenvalue weighted by molar-refractivity contribution is -0.166. The fraction of sp³-hybridized carbons (Fsp3) is 0.864. The summed E-state index contributed by atoms with van der Waals surface area (Å²) in [6.45, 7) is 9.97. The molecule has 6 N–H and O–H groups in total. The number of carbonyl (C=O) groups excluding carboxylic acids is 3. The van der Waals surface area contributed by atoms with E-state index in [1.54, 1.807) is 13.8 Å². The Kier molecular flexibility index (Phi) is 15.3. The van der Waals surface area contributed by atoms with Crippen LogP contribution in [-0.2, 0) is 32.9 Å². The minimum Gasteiger partial charge on any atom is -0.461 e. The second kappa shape index (κ2) is 15.9. The van der Waals surface area contributed by atoms with E-state index in [9.17, 15) is 28.6 Å². The van der Waals surface area contributed by atoms with Crippen LogP contribution in [-0.4, -0.2) is 73.7 Å². The average molecular weight is 592 g/mol. The van der Waals surface area contributed by atoms with Gasteiger partial charge in [0.05, 0.1) is 11.8 Å². The molecule has 0 saturated heterocycles. The Morgan fingerprint density at radius 3 is 1.68 bits per heavy atom. The highest BCUT2D eigenvalue weighted by Gasteiger charge is 2.58. The van der Waals surface area contributed by atoms with Crippen molar-refractivity contribution in [3.8, 4) is 0 Å². The number of alkyl carbamates (subject to hydrolysis) is 1. The van der Waals surface area contributed by atoms with Crippen LogP contribution < -0.4 is 5.32 Å². The zero-order valence-corrected chi connectivity index (χ0v) is 24.5. The molecule has 0 aromatic rings. The Bertz CT molecular complexity index is 845. The van der Waals surface area contributed by atoms with E-state index in [0.717, 1.165) is 0 Å². The van der Waals surface area contributed by atoms with E-state index in [1.807, 2.05) is 27.7 Å². The van der Waals surface area contributed by atoms with Gasteiger partial charge in [-0.1, -0.05) is 41.5 Å². The van der Waals surface area contributed by atoms with Crippen LogP contribution in [0.25, 0.3) is 0 Å². The molecule has 14 nitrogen and oxygen atoms in total. The Labute approximate surface area is 223 Å². The third kappa shape index (κ3) is 13.0. The van der Waals surface area contributed by atoms with Gasteiger partial charge >= 0.3 is 33.2 Å². The number of ether oxygens (including phenoxy) is 3. The van der Waals surface area contributed by atoms with Crippen molar-refractivity contribution in [3.63, 3.8) is 0 Å². The maximum absolute atomic E-state index is 12.5. The lowest BCUT2D eigenvalue weighted by Gasteiger charge is -2.29. The normalized spacial score (nSPS) is 15.1. The molecule has 0 rings (SSSR count). The van der Waals surface area contributed by atoms with Crippen molar-refractivity contribution in [3.05, 3.63) is 0 Å². The van der Waals surface area contributed by atoms with Gasteiger partial charge in [-0.3, -0.25) is 18.7 Å². The number of carbonyl (C=O) groups is 3.